The fraction of sp³-hybridized carbons (Fsp3) is 0.565. The van der Waals surface area contributed by atoms with E-state index in [2.05, 4.69) is 0 Å². The number of carbonyl (C=O) groups excluding carboxylic acids is 2. The minimum Gasteiger partial charge on any atom is -0.508 e. The molecule has 4 rings (SSSR count). The normalized spacial score (nSPS) is 38.7. The van der Waals surface area contributed by atoms with Gasteiger partial charge in [0.2, 0.25) is 0 Å². The molecule has 30 heavy (non-hydrogen) atoms. The van der Waals surface area contributed by atoms with Gasteiger partial charge in [-0.3, -0.25) is 4.79 Å². The molecule has 0 bridgehead atoms. The third-order valence-corrected chi connectivity index (χ3v) is 7.56. The number of phenols is 2. The van der Waals surface area contributed by atoms with E-state index < -0.39 is 34.4 Å². The van der Waals surface area contributed by atoms with Gasteiger partial charge in [-0.25, -0.2) is 4.79 Å². The molecule has 0 heterocycles. The zero-order valence-corrected chi connectivity index (χ0v) is 17.6. The van der Waals surface area contributed by atoms with Gasteiger partial charge < -0.3 is 25.2 Å². The van der Waals surface area contributed by atoms with Crippen molar-refractivity contribution in [2.75, 3.05) is 0 Å². The molecule has 0 saturated heterocycles. The van der Waals surface area contributed by atoms with Crippen LogP contribution in [0.3, 0.4) is 0 Å². The van der Waals surface area contributed by atoms with Crippen LogP contribution in [0.4, 0.5) is 0 Å². The van der Waals surface area contributed by atoms with Gasteiger partial charge in [0.1, 0.15) is 35.1 Å². The Kier molecular flexibility index (Phi) is 4.23. The summed E-state index contributed by atoms with van der Waals surface area (Å²) in [6, 6.07) is 2.37. The highest BCUT2D eigenvalue weighted by Crippen LogP contribution is 2.69. The minimum atomic E-state index is -1.72. The van der Waals surface area contributed by atoms with Crippen molar-refractivity contribution in [2.24, 2.45) is 16.7 Å². The molecule has 0 spiro atoms. The molecule has 1 aromatic rings. The van der Waals surface area contributed by atoms with E-state index in [0.29, 0.717) is 24.7 Å². The third-order valence-electron chi connectivity index (χ3n) is 7.56. The zero-order chi connectivity index (χ0) is 22.3. The van der Waals surface area contributed by atoms with Crippen molar-refractivity contribution in [1.82, 2.24) is 0 Å². The first-order valence-electron chi connectivity index (χ1n) is 10.1. The fourth-order valence-corrected chi connectivity index (χ4v) is 6.30. The monoisotopic (exact) mass is 416 g/mol. The molecule has 0 amide bonds. The zero-order valence-electron chi connectivity index (χ0n) is 17.6. The summed E-state index contributed by atoms with van der Waals surface area (Å²) in [5.41, 5.74) is -3.66. The Hall–Kier alpha value is -2.38. The molecule has 2 saturated carbocycles. The lowest BCUT2D eigenvalue weighted by Crippen LogP contribution is -2.75. The molecule has 0 radical (unpaired) electrons. The van der Waals surface area contributed by atoms with Crippen molar-refractivity contribution in [3.05, 3.63) is 34.9 Å². The minimum absolute atomic E-state index is 0.0251. The number of hydrogen-bond donors (Lipinski definition) is 4. The van der Waals surface area contributed by atoms with Crippen molar-refractivity contribution in [3.63, 3.8) is 0 Å². The number of rotatable bonds is 3. The third kappa shape index (κ3) is 2.58. The second-order valence-corrected chi connectivity index (χ2v) is 10.2. The van der Waals surface area contributed by atoms with Crippen molar-refractivity contribution in [3.8, 4) is 11.5 Å². The Bertz CT molecular complexity index is 957. The summed E-state index contributed by atoms with van der Waals surface area (Å²) in [5.74, 6) is -1.73. The molecule has 7 heteroatoms. The van der Waals surface area contributed by atoms with Crippen LogP contribution in [0.5, 0.6) is 11.5 Å². The first-order valence-corrected chi connectivity index (χ1v) is 10.1. The number of fused-ring (bicyclic) bond motifs is 3. The van der Waals surface area contributed by atoms with E-state index >= 15 is 0 Å². The van der Waals surface area contributed by atoms with Crippen LogP contribution in [0.15, 0.2) is 23.8 Å². The number of ether oxygens (including phenoxy) is 1. The van der Waals surface area contributed by atoms with Crippen LogP contribution in [-0.4, -0.2) is 50.0 Å². The van der Waals surface area contributed by atoms with E-state index in [1.54, 1.807) is 6.92 Å². The largest absolute Gasteiger partial charge is 0.508 e. The van der Waals surface area contributed by atoms with Crippen LogP contribution in [0.25, 0.3) is 0 Å². The Morgan fingerprint density at radius 1 is 1.17 bits per heavy atom. The molecular formula is C23H28O7. The summed E-state index contributed by atoms with van der Waals surface area (Å²) in [4.78, 5) is 24.7. The molecule has 0 aromatic heterocycles. The maximum atomic E-state index is 12.8. The SMILES string of the molecule is Cc1cc(O)cc(O)c1C(=O)O[C@@H]1C[C@]2(C)C3CC(C)(C)C[C@@]3(O)C=C(C=O)[C@]12O. The highest BCUT2D eigenvalue weighted by molar-refractivity contribution is 5.94. The maximum absolute atomic E-state index is 12.8. The second kappa shape index (κ2) is 6.08. The van der Waals surface area contributed by atoms with Gasteiger partial charge in [0, 0.05) is 23.0 Å². The number of aryl methyl sites for hydroxylation is 1. The fourth-order valence-electron chi connectivity index (χ4n) is 6.30. The lowest BCUT2D eigenvalue weighted by Gasteiger charge is -2.65. The molecule has 3 aliphatic carbocycles. The van der Waals surface area contributed by atoms with Crippen molar-refractivity contribution in [1.29, 1.82) is 0 Å². The van der Waals surface area contributed by atoms with E-state index in [-0.39, 0.29) is 34.6 Å². The predicted octanol–water partition coefficient (Wildman–Crippen LogP) is 2.38. The van der Waals surface area contributed by atoms with Gasteiger partial charge in [-0.2, -0.15) is 0 Å². The second-order valence-electron chi connectivity index (χ2n) is 10.2. The highest BCUT2D eigenvalue weighted by Gasteiger charge is 2.75. The lowest BCUT2D eigenvalue weighted by atomic mass is 9.43. The number of benzene rings is 1. The number of aldehydes is 1. The van der Waals surface area contributed by atoms with Gasteiger partial charge in [-0.15, -0.1) is 0 Å². The molecule has 5 atom stereocenters. The van der Waals surface area contributed by atoms with Gasteiger partial charge in [-0.1, -0.05) is 20.8 Å². The number of hydrogen-bond acceptors (Lipinski definition) is 7. The lowest BCUT2D eigenvalue weighted by molar-refractivity contribution is -0.261. The molecule has 1 unspecified atom stereocenters. The Balaban J connectivity index is 1.69. The molecule has 3 aliphatic rings. The highest BCUT2D eigenvalue weighted by atomic mass is 16.6. The van der Waals surface area contributed by atoms with Crippen molar-refractivity contribution >= 4 is 12.3 Å². The molecule has 7 nitrogen and oxygen atoms in total. The Morgan fingerprint density at radius 2 is 1.83 bits per heavy atom. The van der Waals surface area contributed by atoms with Crippen LogP contribution in [-0.2, 0) is 9.53 Å². The number of aliphatic hydroxyl groups is 2. The molecule has 162 valence electrons. The van der Waals surface area contributed by atoms with Gasteiger partial charge in [0.25, 0.3) is 0 Å². The average molecular weight is 416 g/mol. The van der Waals surface area contributed by atoms with E-state index in [1.807, 2.05) is 20.8 Å². The number of carbonyl (C=O) groups is 2. The summed E-state index contributed by atoms with van der Waals surface area (Å²) < 4.78 is 5.57. The van der Waals surface area contributed by atoms with Crippen LogP contribution in [0.1, 0.15) is 56.0 Å². The predicted molar refractivity (Wildman–Crippen MR) is 107 cm³/mol. The van der Waals surface area contributed by atoms with Crippen LogP contribution >= 0.6 is 0 Å². The quantitative estimate of drug-likeness (QED) is 0.440. The number of phenolic OH excluding ortho intramolecular Hbond substituents is 2. The van der Waals surface area contributed by atoms with E-state index in [4.69, 9.17) is 4.74 Å². The summed E-state index contributed by atoms with van der Waals surface area (Å²) >= 11 is 0. The van der Waals surface area contributed by atoms with Crippen molar-refractivity contribution < 1.29 is 34.8 Å². The summed E-state index contributed by atoms with van der Waals surface area (Å²) in [7, 11) is 0. The Labute approximate surface area is 175 Å². The number of esters is 1. The van der Waals surface area contributed by atoms with Gasteiger partial charge >= 0.3 is 5.97 Å². The summed E-state index contributed by atoms with van der Waals surface area (Å²) in [6.45, 7) is 7.47. The standard InChI is InChI=1S/C23H28O7/c1-12-5-14(25)6-15(26)18(12)19(27)30-17-9-21(4)16-8-20(2,3)11-22(16,28)7-13(10-24)23(17,21)29/h5-7,10,16-17,25-26,28-29H,8-9,11H2,1-4H3/t16?,17-,21-,22+,23+/m1/s1. The number of aromatic hydroxyl groups is 2. The van der Waals surface area contributed by atoms with Crippen LogP contribution in [0, 0.1) is 23.7 Å². The molecule has 4 N–H and O–H groups in total. The van der Waals surface area contributed by atoms with E-state index in [1.165, 1.54) is 12.1 Å². The smallest absolute Gasteiger partial charge is 0.342 e. The summed E-state index contributed by atoms with van der Waals surface area (Å²) in [5, 5.41) is 42.6. The molecule has 0 aliphatic heterocycles. The van der Waals surface area contributed by atoms with Gasteiger partial charge in [0.15, 0.2) is 0 Å². The van der Waals surface area contributed by atoms with Gasteiger partial charge in [-0.05, 0) is 49.3 Å². The first kappa shape index (κ1) is 20.9. The maximum Gasteiger partial charge on any atom is 0.342 e. The van der Waals surface area contributed by atoms with Gasteiger partial charge in [0.05, 0.1) is 5.60 Å². The molecule has 2 fully saturated rings. The molecular weight excluding hydrogens is 388 g/mol. The van der Waals surface area contributed by atoms with Crippen molar-refractivity contribution in [2.45, 2.75) is 64.3 Å². The average Bonchev–Trinajstić information content (AvgIpc) is 2.86. The van der Waals surface area contributed by atoms with E-state index in [9.17, 15) is 30.0 Å². The van der Waals surface area contributed by atoms with Crippen LogP contribution in [0.2, 0.25) is 0 Å². The molecule has 1 aromatic carbocycles. The van der Waals surface area contributed by atoms with E-state index in [0.717, 1.165) is 6.07 Å². The summed E-state index contributed by atoms with van der Waals surface area (Å²) in [6.07, 6.45) is 2.42. The topological polar surface area (TPSA) is 124 Å². The van der Waals surface area contributed by atoms with Crippen LogP contribution < -0.4 is 0 Å². The first-order chi connectivity index (χ1) is 13.8. The Morgan fingerprint density at radius 3 is 2.43 bits per heavy atom.